The van der Waals surface area contributed by atoms with E-state index in [4.69, 9.17) is 15.2 Å². The van der Waals surface area contributed by atoms with Gasteiger partial charge in [-0.25, -0.2) is 9.59 Å². The molecule has 0 saturated carbocycles. The maximum Gasteiger partial charge on any atom is 0.410 e. The predicted molar refractivity (Wildman–Crippen MR) is 151 cm³/mol. The zero-order valence-electron chi connectivity index (χ0n) is 25.0. The van der Waals surface area contributed by atoms with E-state index in [0.717, 1.165) is 5.56 Å². The van der Waals surface area contributed by atoms with E-state index >= 15 is 0 Å². The summed E-state index contributed by atoms with van der Waals surface area (Å²) >= 11 is 0. The van der Waals surface area contributed by atoms with Gasteiger partial charge in [-0.3, -0.25) is 19.3 Å². The Hall–Kier alpha value is -3.63. The summed E-state index contributed by atoms with van der Waals surface area (Å²) in [7, 11) is 0. The van der Waals surface area contributed by atoms with Crippen LogP contribution in [0.4, 0.5) is 4.79 Å². The zero-order chi connectivity index (χ0) is 30.5. The number of ether oxygens (including phenoxy) is 2. The molecule has 0 aromatic heterocycles. The number of primary amides is 1. The monoisotopic (exact) mass is 572 g/mol. The highest BCUT2D eigenvalue weighted by Gasteiger charge is 2.46. The minimum absolute atomic E-state index is 0.0731. The molecule has 3 rings (SSSR count). The van der Waals surface area contributed by atoms with Crippen LogP contribution in [-0.2, 0) is 35.1 Å². The van der Waals surface area contributed by atoms with Crippen molar-refractivity contribution in [3.63, 3.8) is 0 Å². The van der Waals surface area contributed by atoms with Crippen molar-refractivity contribution in [1.29, 1.82) is 0 Å². The van der Waals surface area contributed by atoms with E-state index in [1.165, 1.54) is 9.80 Å². The summed E-state index contributed by atoms with van der Waals surface area (Å²) in [5.41, 5.74) is 4.74. The van der Waals surface area contributed by atoms with Crippen LogP contribution >= 0.6 is 0 Å². The molecule has 226 valence electrons. The Labute approximate surface area is 242 Å². The summed E-state index contributed by atoms with van der Waals surface area (Å²) in [5, 5.41) is 2.87. The summed E-state index contributed by atoms with van der Waals surface area (Å²) < 4.78 is 11.1. The van der Waals surface area contributed by atoms with Crippen LogP contribution in [0, 0.1) is 5.92 Å². The number of hydrogen-bond acceptors (Lipinski definition) is 7. The van der Waals surface area contributed by atoms with E-state index in [2.05, 4.69) is 5.32 Å². The normalized spacial score (nSPS) is 21.8. The Morgan fingerprint density at radius 1 is 0.927 bits per heavy atom. The van der Waals surface area contributed by atoms with Crippen molar-refractivity contribution >= 4 is 29.8 Å². The molecule has 0 unspecified atom stereocenters. The van der Waals surface area contributed by atoms with Crippen molar-refractivity contribution in [2.45, 2.75) is 103 Å². The Bertz CT molecular complexity index is 1130. The highest BCUT2D eigenvalue weighted by atomic mass is 16.6. The number of carbonyl (C=O) groups excluding carboxylic acids is 5. The molecule has 0 spiro atoms. The fourth-order valence-corrected chi connectivity index (χ4v) is 5.35. The van der Waals surface area contributed by atoms with Gasteiger partial charge in [0, 0.05) is 31.8 Å². The summed E-state index contributed by atoms with van der Waals surface area (Å²) in [4.78, 5) is 68.4. The number of amides is 4. The number of nitrogens with two attached hydrogens (primary N) is 1. The quantitative estimate of drug-likeness (QED) is 0.455. The lowest BCUT2D eigenvalue weighted by Crippen LogP contribution is -2.57. The van der Waals surface area contributed by atoms with Gasteiger partial charge in [-0.2, -0.15) is 0 Å². The number of hydrogen-bond donors (Lipinski definition) is 2. The molecule has 2 fully saturated rings. The van der Waals surface area contributed by atoms with Gasteiger partial charge in [-0.15, -0.1) is 0 Å². The van der Waals surface area contributed by atoms with Gasteiger partial charge in [0.2, 0.25) is 17.7 Å². The number of esters is 1. The number of carbonyl (C=O) groups is 5. The first-order valence-corrected chi connectivity index (χ1v) is 14.2. The van der Waals surface area contributed by atoms with Crippen LogP contribution in [0.25, 0.3) is 0 Å². The van der Waals surface area contributed by atoms with Crippen molar-refractivity contribution in [3.8, 4) is 0 Å². The number of benzene rings is 1. The molecular weight excluding hydrogens is 528 g/mol. The lowest BCUT2D eigenvalue weighted by molar-refractivity contribution is -0.165. The van der Waals surface area contributed by atoms with Gasteiger partial charge in [0.15, 0.2) is 0 Å². The van der Waals surface area contributed by atoms with Crippen molar-refractivity contribution in [1.82, 2.24) is 15.1 Å². The van der Waals surface area contributed by atoms with E-state index < -0.39 is 65.0 Å². The van der Waals surface area contributed by atoms with Crippen LogP contribution in [-0.4, -0.2) is 82.0 Å². The third kappa shape index (κ3) is 8.93. The van der Waals surface area contributed by atoms with E-state index in [0.29, 0.717) is 25.8 Å². The minimum atomic E-state index is -1.02. The molecule has 11 heteroatoms. The van der Waals surface area contributed by atoms with Crippen molar-refractivity contribution < 1.29 is 33.4 Å². The lowest BCUT2D eigenvalue weighted by atomic mass is 9.95. The van der Waals surface area contributed by atoms with Crippen LogP contribution in [0.2, 0.25) is 0 Å². The van der Waals surface area contributed by atoms with Crippen molar-refractivity contribution in [2.75, 3.05) is 13.1 Å². The Balaban J connectivity index is 1.88. The molecule has 0 radical (unpaired) electrons. The van der Waals surface area contributed by atoms with E-state index in [-0.39, 0.29) is 19.4 Å². The van der Waals surface area contributed by atoms with Crippen LogP contribution in [0.3, 0.4) is 0 Å². The van der Waals surface area contributed by atoms with Crippen LogP contribution in [0.1, 0.15) is 72.8 Å². The molecular formula is C30H44N4O7. The van der Waals surface area contributed by atoms with Gasteiger partial charge in [-0.05, 0) is 66.4 Å². The molecule has 3 N–H and O–H groups in total. The lowest BCUT2D eigenvalue weighted by Gasteiger charge is -2.33. The Kier molecular flexibility index (Phi) is 10.0. The summed E-state index contributed by atoms with van der Waals surface area (Å²) in [6, 6.07) is 6.38. The fourth-order valence-electron chi connectivity index (χ4n) is 5.35. The first-order chi connectivity index (χ1) is 19.1. The molecule has 11 nitrogen and oxygen atoms in total. The number of nitrogens with zero attached hydrogens (tertiary/aromatic N) is 2. The minimum Gasteiger partial charge on any atom is -0.458 e. The average Bonchev–Trinajstić information content (AvgIpc) is 3.49. The predicted octanol–water partition coefficient (Wildman–Crippen LogP) is 2.55. The zero-order valence-corrected chi connectivity index (χ0v) is 25.0. The maximum atomic E-state index is 14.1. The van der Waals surface area contributed by atoms with Gasteiger partial charge >= 0.3 is 12.1 Å². The van der Waals surface area contributed by atoms with Crippen LogP contribution in [0.5, 0.6) is 0 Å². The molecule has 1 aromatic rings. The van der Waals surface area contributed by atoms with Gasteiger partial charge < -0.3 is 25.4 Å². The van der Waals surface area contributed by atoms with Gasteiger partial charge in [0.25, 0.3) is 0 Å². The van der Waals surface area contributed by atoms with Crippen LogP contribution in [0.15, 0.2) is 30.3 Å². The maximum absolute atomic E-state index is 14.1. The van der Waals surface area contributed by atoms with Crippen LogP contribution < -0.4 is 11.1 Å². The largest absolute Gasteiger partial charge is 0.458 e. The second kappa shape index (κ2) is 12.9. The molecule has 2 heterocycles. The first-order valence-electron chi connectivity index (χ1n) is 14.2. The second-order valence-corrected chi connectivity index (χ2v) is 12.8. The average molecular weight is 573 g/mol. The van der Waals surface area contributed by atoms with Gasteiger partial charge in [0.05, 0.1) is 0 Å². The number of nitrogens with one attached hydrogen (secondary N) is 1. The highest BCUT2D eigenvalue weighted by molar-refractivity contribution is 5.94. The second-order valence-electron chi connectivity index (χ2n) is 12.8. The summed E-state index contributed by atoms with van der Waals surface area (Å²) in [6.07, 6.45) is 0.955. The Morgan fingerprint density at radius 2 is 1.56 bits per heavy atom. The first kappa shape index (κ1) is 31.9. The molecule has 2 aliphatic heterocycles. The third-order valence-electron chi connectivity index (χ3n) is 7.00. The topological polar surface area (TPSA) is 148 Å². The fraction of sp³-hybridized carbons (Fsp3) is 0.633. The Morgan fingerprint density at radius 3 is 2.15 bits per heavy atom. The van der Waals surface area contributed by atoms with E-state index in [1.54, 1.807) is 41.5 Å². The molecule has 2 saturated heterocycles. The van der Waals surface area contributed by atoms with E-state index in [1.807, 2.05) is 30.3 Å². The van der Waals surface area contributed by atoms with Gasteiger partial charge in [0.1, 0.15) is 29.3 Å². The molecule has 2 aliphatic rings. The van der Waals surface area contributed by atoms with Gasteiger partial charge in [-0.1, -0.05) is 30.3 Å². The summed E-state index contributed by atoms with van der Waals surface area (Å²) in [5.74, 6) is -2.63. The third-order valence-corrected chi connectivity index (χ3v) is 7.00. The smallest absolute Gasteiger partial charge is 0.410 e. The molecule has 0 aliphatic carbocycles. The molecule has 0 bridgehead atoms. The molecule has 1 aromatic carbocycles. The highest BCUT2D eigenvalue weighted by Crippen LogP contribution is 2.31. The number of likely N-dealkylation sites (tertiary alicyclic amines) is 2. The standard InChI is InChI=1S/C30H44N4O7/c1-29(2,3)40-27(38)24-20(18-23(31)35)14-16-34(24)26(37)21(17-19-11-8-7-9-12-19)32-25(36)22-13-10-15-33(22)28(39)41-30(4,5)6/h7-9,11-12,20-22,24H,10,13-18H2,1-6H3,(H2,31,35)(H,32,36)/t20-,21+,22+,24+/m1/s1. The number of rotatable bonds is 8. The molecule has 4 amide bonds. The van der Waals surface area contributed by atoms with E-state index in [9.17, 15) is 24.0 Å². The van der Waals surface area contributed by atoms with Crippen molar-refractivity contribution in [2.24, 2.45) is 11.7 Å². The molecule has 4 atom stereocenters. The SMILES string of the molecule is CC(C)(C)OC(=O)[C@@H]1[C@@H](CC(N)=O)CCN1C(=O)[C@H](Cc1ccccc1)NC(=O)[C@@H]1CCCN1C(=O)OC(C)(C)C. The summed E-state index contributed by atoms with van der Waals surface area (Å²) in [6.45, 7) is 11.0. The molecule has 41 heavy (non-hydrogen) atoms. The van der Waals surface area contributed by atoms with Crippen molar-refractivity contribution in [3.05, 3.63) is 35.9 Å².